The predicted molar refractivity (Wildman–Crippen MR) is 438 cm³/mol. The third-order valence-electron chi connectivity index (χ3n) is 20.8. The molecule has 0 saturated carbocycles. The fourth-order valence-corrected chi connectivity index (χ4v) is 14.8. The Balaban J connectivity index is 1.04. The summed E-state index contributed by atoms with van der Waals surface area (Å²) in [4.78, 5) is 20.9. The van der Waals surface area contributed by atoms with Gasteiger partial charge in [-0.05, 0) is 203 Å². The van der Waals surface area contributed by atoms with Crippen molar-refractivity contribution in [2.24, 2.45) is 0 Å². The average molecular weight is 1350 g/mol. The summed E-state index contributed by atoms with van der Waals surface area (Å²) in [6.45, 7) is 35.4. The fourth-order valence-electron chi connectivity index (χ4n) is 14.8. The minimum Gasteiger partial charge on any atom is -0.309 e. The number of fused-ring (bicyclic) bond motifs is 6. The molecule has 0 fully saturated rings. The molecule has 0 saturated heterocycles. The van der Waals surface area contributed by atoms with Crippen LogP contribution in [-0.4, -0.2) is 24.1 Å². The van der Waals surface area contributed by atoms with Crippen molar-refractivity contribution in [1.29, 1.82) is 0 Å². The van der Waals surface area contributed by atoms with Gasteiger partial charge in [0.15, 0.2) is 23.2 Å². The molecule has 0 aliphatic rings. The van der Waals surface area contributed by atoms with E-state index in [1.54, 1.807) is 0 Å². The molecule has 0 aliphatic heterocycles. The Bertz CT molecular complexity index is 5690. The Morgan fingerprint density at radius 1 is 0.240 bits per heavy atom. The van der Waals surface area contributed by atoms with Crippen molar-refractivity contribution in [2.45, 2.75) is 105 Å². The van der Waals surface area contributed by atoms with Crippen LogP contribution in [0.25, 0.3) is 161 Å². The Hall–Kier alpha value is -12.0. The normalized spacial score (nSPS) is 12.2. The van der Waals surface area contributed by atoms with Crippen LogP contribution in [0.2, 0.25) is 0 Å². The molecule has 0 aliphatic carbocycles. The van der Waals surface area contributed by atoms with Crippen LogP contribution in [0.15, 0.2) is 291 Å². The minimum absolute atomic E-state index is 0.170. The van der Waals surface area contributed by atoms with Crippen molar-refractivity contribution in [3.8, 4) is 112 Å². The van der Waals surface area contributed by atoms with Crippen LogP contribution in [0.1, 0.15) is 105 Å². The molecule has 6 heteroatoms. The van der Waals surface area contributed by atoms with Crippen LogP contribution in [0.5, 0.6) is 0 Å². The molecule has 0 radical (unpaired) electrons. The quantitative estimate of drug-likeness (QED) is 0.121. The number of nitrogens with zero attached hydrogens (tertiary/aromatic N) is 6. The summed E-state index contributed by atoms with van der Waals surface area (Å²) in [6, 6.07) is 106. The second kappa shape index (κ2) is 25.8. The molecule has 0 atom stereocenters. The first kappa shape index (κ1) is 66.5. The SMILES string of the molecule is [C-]#[N+]c1ccc(-c2ccc(-n3c4ccc(-c5ccccc5)cc4c4cc(-c5ccccc5)ccc43)c(-c3cc(-c4nc(-c5cc(C(C)(C)C)cc(C(C)(C)C)c5)nc(-c5cc(C(C)(C)C)cc(C(C)(C)C)c5)n4)ccc3-n3c4ccc(-c5ccccc5)cc4c4cc(-c5ccccc5)ccc43)c2)cc1. The van der Waals surface area contributed by atoms with Crippen molar-refractivity contribution in [2.75, 3.05) is 0 Å². The molecule has 0 bridgehead atoms. The topological polar surface area (TPSA) is 52.9 Å². The lowest BCUT2D eigenvalue weighted by Crippen LogP contribution is -2.17. The molecule has 16 aromatic rings. The first-order chi connectivity index (χ1) is 50.0. The van der Waals surface area contributed by atoms with E-state index in [9.17, 15) is 0 Å². The molecular formula is C98H84N6. The lowest BCUT2D eigenvalue weighted by Gasteiger charge is -2.26. The van der Waals surface area contributed by atoms with E-state index in [-0.39, 0.29) is 21.7 Å². The van der Waals surface area contributed by atoms with Gasteiger partial charge < -0.3 is 9.13 Å². The summed E-state index contributed by atoms with van der Waals surface area (Å²) < 4.78 is 4.97. The van der Waals surface area contributed by atoms with Crippen LogP contribution in [0.4, 0.5) is 5.69 Å². The van der Waals surface area contributed by atoms with Gasteiger partial charge in [-0.3, -0.25) is 0 Å². The van der Waals surface area contributed by atoms with E-state index in [1.165, 1.54) is 22.3 Å². The number of hydrogen-bond acceptors (Lipinski definition) is 3. The maximum absolute atomic E-state index is 8.00. The van der Waals surface area contributed by atoms with Crippen molar-refractivity contribution < 1.29 is 0 Å². The van der Waals surface area contributed by atoms with Crippen molar-refractivity contribution in [3.05, 3.63) is 325 Å². The van der Waals surface area contributed by atoms with Gasteiger partial charge in [-0.2, -0.15) is 0 Å². The summed E-state index contributed by atoms with van der Waals surface area (Å²) in [5.41, 5.74) is 26.8. The van der Waals surface area contributed by atoms with E-state index in [4.69, 9.17) is 21.5 Å². The van der Waals surface area contributed by atoms with Gasteiger partial charge in [0, 0.05) is 49.4 Å². The number of benzene rings is 13. The Kier molecular flexibility index (Phi) is 16.5. The molecule has 506 valence electrons. The van der Waals surface area contributed by atoms with Gasteiger partial charge in [0.25, 0.3) is 0 Å². The van der Waals surface area contributed by atoms with Crippen LogP contribution >= 0.6 is 0 Å². The highest BCUT2D eigenvalue weighted by atomic mass is 15.0. The molecular weight excluding hydrogens is 1260 g/mol. The zero-order chi connectivity index (χ0) is 72.0. The van der Waals surface area contributed by atoms with Crippen LogP contribution in [0, 0.1) is 6.57 Å². The van der Waals surface area contributed by atoms with E-state index < -0.39 is 0 Å². The van der Waals surface area contributed by atoms with Gasteiger partial charge in [0.2, 0.25) is 0 Å². The van der Waals surface area contributed by atoms with Gasteiger partial charge in [-0.1, -0.05) is 271 Å². The smallest absolute Gasteiger partial charge is 0.187 e. The Labute approximate surface area is 611 Å². The molecule has 0 unspecified atom stereocenters. The molecule has 3 heterocycles. The fraction of sp³-hybridized carbons (Fsp3) is 0.163. The summed E-state index contributed by atoms with van der Waals surface area (Å²) in [7, 11) is 0. The van der Waals surface area contributed by atoms with Gasteiger partial charge in [-0.25, -0.2) is 19.8 Å². The van der Waals surface area contributed by atoms with Gasteiger partial charge in [0.1, 0.15) is 0 Å². The highest BCUT2D eigenvalue weighted by Gasteiger charge is 2.29. The first-order valence-electron chi connectivity index (χ1n) is 36.2. The van der Waals surface area contributed by atoms with Crippen LogP contribution < -0.4 is 0 Å². The van der Waals surface area contributed by atoms with Gasteiger partial charge >= 0.3 is 0 Å². The monoisotopic (exact) mass is 1340 g/mol. The molecule has 0 spiro atoms. The molecule has 0 amide bonds. The maximum Gasteiger partial charge on any atom is 0.187 e. The molecule has 3 aromatic heterocycles. The summed E-state index contributed by atoms with van der Waals surface area (Å²) in [6.07, 6.45) is 0. The van der Waals surface area contributed by atoms with Gasteiger partial charge in [-0.15, -0.1) is 0 Å². The summed E-state index contributed by atoms with van der Waals surface area (Å²) >= 11 is 0. The third kappa shape index (κ3) is 12.6. The second-order valence-electron chi connectivity index (χ2n) is 32.1. The van der Waals surface area contributed by atoms with E-state index >= 15 is 0 Å². The lowest BCUT2D eigenvalue weighted by atomic mass is 9.79. The average Bonchev–Trinajstić information content (AvgIpc) is 1.60. The van der Waals surface area contributed by atoms with Crippen LogP contribution in [0.3, 0.4) is 0 Å². The van der Waals surface area contributed by atoms with E-state index in [1.807, 2.05) is 12.1 Å². The number of rotatable bonds is 11. The second-order valence-corrected chi connectivity index (χ2v) is 32.1. The molecule has 104 heavy (non-hydrogen) atoms. The predicted octanol–water partition coefficient (Wildman–Crippen LogP) is 26.8. The molecule has 6 nitrogen and oxygen atoms in total. The van der Waals surface area contributed by atoms with E-state index in [0.29, 0.717) is 23.2 Å². The summed E-state index contributed by atoms with van der Waals surface area (Å²) in [5.74, 6) is 1.78. The highest BCUT2D eigenvalue weighted by Crippen LogP contribution is 2.47. The van der Waals surface area contributed by atoms with Gasteiger partial charge in [0.05, 0.1) is 40.0 Å². The summed E-state index contributed by atoms with van der Waals surface area (Å²) in [5, 5.41) is 4.56. The van der Waals surface area contributed by atoms with Crippen molar-refractivity contribution in [3.63, 3.8) is 0 Å². The third-order valence-corrected chi connectivity index (χ3v) is 20.8. The standard InChI is InChI=1S/C98H84N6/c1-95(2,3)75-50-73(51-76(60-75)96(4,5)6)93-100-92(101-94(102-93)74-52-77(97(7,8)9)61-78(53-74)98(10,11)12)72-41-49-91(104-88-46-38-69(64-30-22-16-23-31-64)56-82(88)83-57-70(39-47-89(83)104)65-32-24-17-25-33-65)85(59-72)84-58-71(66-34-42-79(99-13)43-35-66)40-48-90(84)103-86-44-36-67(62-26-18-14-19-27-62)54-80(86)81-55-68(37-45-87(81)103)63-28-20-15-21-29-63/h14-61H,1-12H3. The Morgan fingerprint density at radius 2 is 0.490 bits per heavy atom. The molecule has 16 rings (SSSR count). The van der Waals surface area contributed by atoms with Crippen molar-refractivity contribution >= 4 is 49.3 Å². The van der Waals surface area contributed by atoms with E-state index in [2.05, 4.69) is 376 Å². The number of aromatic nitrogens is 5. The van der Waals surface area contributed by atoms with Crippen LogP contribution in [-0.2, 0) is 21.7 Å². The molecule has 0 N–H and O–H groups in total. The first-order valence-corrected chi connectivity index (χ1v) is 36.2. The molecule has 13 aromatic carbocycles. The largest absolute Gasteiger partial charge is 0.309 e. The minimum atomic E-state index is -0.170. The van der Waals surface area contributed by atoms with E-state index in [0.717, 1.165) is 138 Å². The maximum atomic E-state index is 8.00. The zero-order valence-corrected chi connectivity index (χ0v) is 61.4. The zero-order valence-electron chi connectivity index (χ0n) is 61.4. The lowest BCUT2D eigenvalue weighted by molar-refractivity contribution is 0.568. The highest BCUT2D eigenvalue weighted by molar-refractivity contribution is 6.14. The number of hydrogen-bond donors (Lipinski definition) is 0. The Morgan fingerprint density at radius 3 is 0.788 bits per heavy atom. The van der Waals surface area contributed by atoms with Crippen molar-refractivity contribution in [1.82, 2.24) is 24.1 Å².